The minimum Gasteiger partial charge on any atom is -0.361 e. The lowest BCUT2D eigenvalue weighted by atomic mass is 10.1. The SMILES string of the molecule is Cc1cc(C(=O)N[C@H]2CCCNC2)no1.Cl. The normalized spacial score (nSPS) is 19.9. The number of aryl methyl sites for hydroxylation is 1. The zero-order valence-electron chi connectivity index (χ0n) is 9.16. The first-order valence-corrected chi connectivity index (χ1v) is 5.20. The summed E-state index contributed by atoms with van der Waals surface area (Å²) in [6, 6.07) is 1.86. The molecule has 5 nitrogen and oxygen atoms in total. The number of amides is 1. The third-order valence-corrected chi connectivity index (χ3v) is 2.49. The van der Waals surface area contributed by atoms with E-state index >= 15 is 0 Å². The highest BCUT2D eigenvalue weighted by Crippen LogP contribution is 2.05. The van der Waals surface area contributed by atoms with Crippen molar-refractivity contribution in [1.29, 1.82) is 0 Å². The molecule has 16 heavy (non-hydrogen) atoms. The van der Waals surface area contributed by atoms with Crippen LogP contribution in [0.15, 0.2) is 10.6 Å². The third kappa shape index (κ3) is 3.21. The van der Waals surface area contributed by atoms with Crippen molar-refractivity contribution in [1.82, 2.24) is 15.8 Å². The Kier molecular flexibility index (Phi) is 4.76. The summed E-state index contributed by atoms with van der Waals surface area (Å²) in [5.74, 6) is 0.502. The molecule has 0 spiro atoms. The molecular weight excluding hydrogens is 230 g/mol. The number of carbonyl (C=O) groups excluding carboxylic acids is 1. The lowest BCUT2D eigenvalue weighted by molar-refractivity contribution is 0.0921. The van der Waals surface area contributed by atoms with E-state index in [4.69, 9.17) is 4.52 Å². The van der Waals surface area contributed by atoms with Crippen molar-refractivity contribution < 1.29 is 9.32 Å². The Morgan fingerprint density at radius 3 is 3.06 bits per heavy atom. The lowest BCUT2D eigenvalue weighted by Crippen LogP contribution is -2.45. The summed E-state index contributed by atoms with van der Waals surface area (Å²) < 4.78 is 4.85. The van der Waals surface area contributed by atoms with E-state index in [1.54, 1.807) is 13.0 Å². The number of hydrogen-bond acceptors (Lipinski definition) is 4. The van der Waals surface area contributed by atoms with Gasteiger partial charge in [-0.1, -0.05) is 5.16 Å². The molecule has 1 atom stereocenters. The van der Waals surface area contributed by atoms with Crippen molar-refractivity contribution in [2.75, 3.05) is 13.1 Å². The van der Waals surface area contributed by atoms with Crippen LogP contribution in [0, 0.1) is 6.92 Å². The van der Waals surface area contributed by atoms with Crippen molar-refractivity contribution in [2.45, 2.75) is 25.8 Å². The number of carbonyl (C=O) groups is 1. The average Bonchev–Trinajstić information content (AvgIpc) is 2.66. The van der Waals surface area contributed by atoms with Crippen LogP contribution in [-0.4, -0.2) is 30.2 Å². The molecule has 1 amide bonds. The molecule has 6 heteroatoms. The molecule has 2 N–H and O–H groups in total. The van der Waals surface area contributed by atoms with E-state index in [0.29, 0.717) is 11.5 Å². The van der Waals surface area contributed by atoms with Crippen molar-refractivity contribution in [3.05, 3.63) is 17.5 Å². The molecule has 0 aliphatic carbocycles. The Labute approximate surface area is 100 Å². The first-order valence-electron chi connectivity index (χ1n) is 5.20. The number of hydrogen-bond donors (Lipinski definition) is 2. The van der Waals surface area contributed by atoms with Crippen LogP contribution in [0.2, 0.25) is 0 Å². The fraction of sp³-hybridized carbons (Fsp3) is 0.600. The molecule has 1 fully saturated rings. The number of aromatic nitrogens is 1. The Hall–Kier alpha value is -1.07. The van der Waals surface area contributed by atoms with Crippen LogP contribution in [0.1, 0.15) is 29.1 Å². The second-order valence-corrected chi connectivity index (χ2v) is 3.84. The van der Waals surface area contributed by atoms with Gasteiger partial charge in [-0.3, -0.25) is 4.79 Å². The fourth-order valence-corrected chi connectivity index (χ4v) is 1.71. The second kappa shape index (κ2) is 5.86. The summed E-state index contributed by atoms with van der Waals surface area (Å²) in [7, 11) is 0. The van der Waals surface area contributed by atoms with Crippen LogP contribution in [-0.2, 0) is 0 Å². The number of halogens is 1. The highest BCUT2D eigenvalue weighted by Gasteiger charge is 2.18. The Bertz CT molecular complexity index is 348. The second-order valence-electron chi connectivity index (χ2n) is 3.84. The van der Waals surface area contributed by atoms with Gasteiger partial charge in [0.15, 0.2) is 5.69 Å². The molecule has 90 valence electrons. The predicted molar refractivity (Wildman–Crippen MR) is 61.8 cm³/mol. The lowest BCUT2D eigenvalue weighted by Gasteiger charge is -2.23. The average molecular weight is 246 g/mol. The van der Waals surface area contributed by atoms with Gasteiger partial charge in [0.2, 0.25) is 0 Å². The molecule has 0 radical (unpaired) electrons. The van der Waals surface area contributed by atoms with Crippen LogP contribution in [0.5, 0.6) is 0 Å². The molecule has 1 aliphatic rings. The highest BCUT2D eigenvalue weighted by molar-refractivity contribution is 5.92. The third-order valence-electron chi connectivity index (χ3n) is 2.49. The van der Waals surface area contributed by atoms with E-state index in [-0.39, 0.29) is 24.4 Å². The van der Waals surface area contributed by atoms with E-state index in [1.807, 2.05) is 0 Å². The van der Waals surface area contributed by atoms with Gasteiger partial charge < -0.3 is 15.2 Å². The standard InChI is InChI=1S/C10H15N3O2.ClH/c1-7-5-9(13-15-7)10(14)12-8-3-2-4-11-6-8;/h5,8,11H,2-4,6H2,1H3,(H,12,14);1H/t8-;/m0./s1. The van der Waals surface area contributed by atoms with E-state index in [9.17, 15) is 4.79 Å². The van der Waals surface area contributed by atoms with E-state index in [2.05, 4.69) is 15.8 Å². The van der Waals surface area contributed by atoms with Crippen molar-refractivity contribution in [3.63, 3.8) is 0 Å². The van der Waals surface area contributed by atoms with Crippen LogP contribution in [0.3, 0.4) is 0 Å². The smallest absolute Gasteiger partial charge is 0.273 e. The summed E-state index contributed by atoms with van der Waals surface area (Å²) in [4.78, 5) is 11.7. The summed E-state index contributed by atoms with van der Waals surface area (Å²) in [5.41, 5.74) is 0.359. The van der Waals surface area contributed by atoms with Gasteiger partial charge in [-0.05, 0) is 26.3 Å². The maximum absolute atomic E-state index is 11.7. The molecular formula is C10H16ClN3O2. The zero-order valence-corrected chi connectivity index (χ0v) is 9.97. The number of nitrogens with one attached hydrogen (secondary N) is 2. The van der Waals surface area contributed by atoms with Crippen LogP contribution in [0.25, 0.3) is 0 Å². The van der Waals surface area contributed by atoms with Crippen LogP contribution in [0.4, 0.5) is 0 Å². The molecule has 2 rings (SSSR count). The molecule has 1 saturated heterocycles. The van der Waals surface area contributed by atoms with Gasteiger partial charge >= 0.3 is 0 Å². The van der Waals surface area contributed by atoms with E-state index in [0.717, 1.165) is 25.9 Å². The van der Waals surface area contributed by atoms with Crippen molar-refractivity contribution >= 4 is 18.3 Å². The fourth-order valence-electron chi connectivity index (χ4n) is 1.71. The van der Waals surface area contributed by atoms with E-state index < -0.39 is 0 Å². The Balaban J connectivity index is 0.00000128. The Morgan fingerprint density at radius 2 is 2.50 bits per heavy atom. The summed E-state index contributed by atoms with van der Waals surface area (Å²) in [5, 5.41) is 9.84. The van der Waals surface area contributed by atoms with Gasteiger partial charge in [-0.25, -0.2) is 0 Å². The molecule has 2 heterocycles. The van der Waals surface area contributed by atoms with Gasteiger partial charge in [-0.15, -0.1) is 12.4 Å². The van der Waals surface area contributed by atoms with Crippen molar-refractivity contribution in [2.24, 2.45) is 0 Å². The largest absolute Gasteiger partial charge is 0.361 e. The minimum absolute atomic E-state index is 0. The quantitative estimate of drug-likeness (QED) is 0.812. The molecule has 0 saturated carbocycles. The topological polar surface area (TPSA) is 67.2 Å². The van der Waals surface area contributed by atoms with Crippen molar-refractivity contribution in [3.8, 4) is 0 Å². The highest BCUT2D eigenvalue weighted by atomic mass is 35.5. The molecule has 0 aromatic carbocycles. The number of nitrogens with zero attached hydrogens (tertiary/aromatic N) is 1. The van der Waals surface area contributed by atoms with Gasteiger partial charge in [-0.2, -0.15) is 0 Å². The van der Waals surface area contributed by atoms with Gasteiger partial charge in [0.05, 0.1) is 0 Å². The number of piperidine rings is 1. The zero-order chi connectivity index (χ0) is 10.7. The van der Waals surface area contributed by atoms with Crippen LogP contribution < -0.4 is 10.6 Å². The maximum atomic E-state index is 11.7. The Morgan fingerprint density at radius 1 is 1.69 bits per heavy atom. The van der Waals surface area contributed by atoms with Gasteiger partial charge in [0.1, 0.15) is 5.76 Å². The molecule has 1 aromatic heterocycles. The molecule has 0 bridgehead atoms. The first kappa shape index (κ1) is 13.0. The minimum atomic E-state index is -0.152. The summed E-state index contributed by atoms with van der Waals surface area (Å²) in [6.07, 6.45) is 2.12. The summed E-state index contributed by atoms with van der Waals surface area (Å²) in [6.45, 7) is 3.64. The summed E-state index contributed by atoms with van der Waals surface area (Å²) >= 11 is 0. The molecule has 0 unspecified atom stereocenters. The first-order chi connectivity index (χ1) is 7.25. The van der Waals surface area contributed by atoms with Gasteiger partial charge in [0.25, 0.3) is 5.91 Å². The van der Waals surface area contributed by atoms with E-state index in [1.165, 1.54) is 0 Å². The predicted octanol–water partition coefficient (Wildman–Crippen LogP) is 0.887. The van der Waals surface area contributed by atoms with Crippen LogP contribution >= 0.6 is 12.4 Å². The number of rotatable bonds is 2. The molecule has 1 aromatic rings. The monoisotopic (exact) mass is 245 g/mol. The molecule has 1 aliphatic heterocycles. The maximum Gasteiger partial charge on any atom is 0.273 e. The van der Waals surface area contributed by atoms with Gasteiger partial charge in [0, 0.05) is 18.7 Å².